The summed E-state index contributed by atoms with van der Waals surface area (Å²) in [4.78, 5) is 0. The molecule has 1 atom stereocenters. The molecule has 0 heterocycles. The summed E-state index contributed by atoms with van der Waals surface area (Å²) < 4.78 is 2.16. The molecule has 0 aromatic heterocycles. The molecule has 0 aliphatic rings. The van der Waals surface area contributed by atoms with Crippen LogP contribution in [0.3, 0.4) is 0 Å². The lowest BCUT2D eigenvalue weighted by Crippen LogP contribution is -2.59. The van der Waals surface area contributed by atoms with Crippen molar-refractivity contribution in [3.05, 3.63) is 0 Å². The molecule has 68 valence electrons. The maximum Gasteiger partial charge on any atom is 0.0358 e. The van der Waals surface area contributed by atoms with Gasteiger partial charge in [0, 0.05) is 11.1 Å². The van der Waals surface area contributed by atoms with Gasteiger partial charge in [-0.3, -0.25) is 4.67 Å². The SMILES string of the molecule is CNC(C)(C)C(C)(C)N(C)P. The van der Waals surface area contributed by atoms with Crippen LogP contribution in [0.2, 0.25) is 0 Å². The summed E-state index contributed by atoms with van der Waals surface area (Å²) in [6.07, 6.45) is 0. The predicted octanol–water partition coefficient (Wildman–Crippen LogP) is 1.48. The summed E-state index contributed by atoms with van der Waals surface area (Å²) in [5.41, 5.74) is 0.246. The van der Waals surface area contributed by atoms with Crippen LogP contribution in [0.25, 0.3) is 0 Å². The molecular weight excluding hydrogens is 155 g/mol. The maximum absolute atomic E-state index is 3.31. The van der Waals surface area contributed by atoms with Crippen molar-refractivity contribution in [2.24, 2.45) is 0 Å². The first-order chi connectivity index (χ1) is 4.75. The zero-order chi connectivity index (χ0) is 9.28. The van der Waals surface area contributed by atoms with Crippen LogP contribution in [0.5, 0.6) is 0 Å². The molecule has 0 bridgehead atoms. The van der Waals surface area contributed by atoms with Gasteiger partial charge in [0.2, 0.25) is 0 Å². The van der Waals surface area contributed by atoms with E-state index >= 15 is 0 Å². The van der Waals surface area contributed by atoms with Gasteiger partial charge in [0.25, 0.3) is 0 Å². The van der Waals surface area contributed by atoms with Crippen molar-refractivity contribution in [3.8, 4) is 0 Å². The normalized spacial score (nSPS) is 14.2. The largest absolute Gasteiger partial charge is 0.313 e. The number of nitrogens with one attached hydrogen (secondary N) is 1. The second-order valence-corrected chi connectivity index (χ2v) is 4.82. The lowest BCUT2D eigenvalue weighted by atomic mass is 9.83. The average Bonchev–Trinajstić information content (AvgIpc) is 1.87. The van der Waals surface area contributed by atoms with Crippen molar-refractivity contribution in [2.45, 2.75) is 38.8 Å². The maximum atomic E-state index is 3.31. The van der Waals surface area contributed by atoms with Gasteiger partial charge < -0.3 is 5.32 Å². The summed E-state index contributed by atoms with van der Waals surface area (Å²) in [5, 5.41) is 3.31. The highest BCUT2D eigenvalue weighted by molar-refractivity contribution is 7.13. The summed E-state index contributed by atoms with van der Waals surface area (Å²) >= 11 is 0. The Labute approximate surface area is 73.0 Å². The molecule has 11 heavy (non-hydrogen) atoms. The van der Waals surface area contributed by atoms with Crippen LogP contribution in [0.1, 0.15) is 27.7 Å². The predicted molar refractivity (Wildman–Crippen MR) is 54.7 cm³/mol. The second kappa shape index (κ2) is 3.38. The molecule has 0 saturated carbocycles. The first-order valence-corrected chi connectivity index (χ1v) is 4.45. The van der Waals surface area contributed by atoms with Gasteiger partial charge in [0.05, 0.1) is 0 Å². The van der Waals surface area contributed by atoms with E-state index in [4.69, 9.17) is 0 Å². The molecule has 0 spiro atoms. The van der Waals surface area contributed by atoms with E-state index in [1.54, 1.807) is 0 Å². The van der Waals surface area contributed by atoms with Gasteiger partial charge in [0.15, 0.2) is 0 Å². The van der Waals surface area contributed by atoms with Gasteiger partial charge in [-0.2, -0.15) is 0 Å². The van der Waals surface area contributed by atoms with Crippen LogP contribution in [0.4, 0.5) is 0 Å². The topological polar surface area (TPSA) is 15.3 Å². The molecule has 0 fully saturated rings. The lowest BCUT2D eigenvalue weighted by molar-refractivity contribution is 0.144. The molecule has 1 unspecified atom stereocenters. The van der Waals surface area contributed by atoms with Gasteiger partial charge >= 0.3 is 0 Å². The van der Waals surface area contributed by atoms with Crippen LogP contribution in [0.15, 0.2) is 0 Å². The van der Waals surface area contributed by atoms with E-state index in [0.717, 1.165) is 0 Å². The van der Waals surface area contributed by atoms with Crippen molar-refractivity contribution in [3.63, 3.8) is 0 Å². The van der Waals surface area contributed by atoms with Gasteiger partial charge in [-0.05, 0) is 41.8 Å². The third kappa shape index (κ3) is 2.14. The summed E-state index contributed by atoms with van der Waals surface area (Å²) in [6, 6.07) is 0. The lowest BCUT2D eigenvalue weighted by Gasteiger charge is -2.46. The van der Waals surface area contributed by atoms with Crippen LogP contribution in [0, 0.1) is 0 Å². The average molecular weight is 176 g/mol. The minimum Gasteiger partial charge on any atom is -0.313 e. The Morgan fingerprint density at radius 2 is 1.55 bits per heavy atom. The Kier molecular flexibility index (Phi) is 3.49. The minimum atomic E-state index is 0.115. The highest BCUT2D eigenvalue weighted by Gasteiger charge is 2.37. The zero-order valence-electron chi connectivity index (χ0n) is 8.52. The molecule has 0 aromatic carbocycles. The fourth-order valence-corrected chi connectivity index (χ4v) is 1.07. The van der Waals surface area contributed by atoms with Gasteiger partial charge in [-0.1, -0.05) is 9.39 Å². The van der Waals surface area contributed by atoms with E-state index in [-0.39, 0.29) is 11.1 Å². The molecule has 0 radical (unpaired) electrons. The standard InChI is InChI=1S/C8H21N2P/c1-7(2,9-5)8(3,4)10(6)11/h9H,11H2,1-6H3. The molecule has 1 N–H and O–H groups in total. The highest BCUT2D eigenvalue weighted by Crippen LogP contribution is 2.28. The number of rotatable bonds is 3. The van der Waals surface area contributed by atoms with E-state index < -0.39 is 0 Å². The summed E-state index contributed by atoms with van der Waals surface area (Å²) in [5.74, 6) is 0. The van der Waals surface area contributed by atoms with Crippen molar-refractivity contribution in [1.29, 1.82) is 0 Å². The Bertz CT molecular complexity index is 130. The fourth-order valence-electron chi connectivity index (χ4n) is 0.747. The summed E-state index contributed by atoms with van der Waals surface area (Å²) in [6.45, 7) is 8.84. The zero-order valence-corrected chi connectivity index (χ0v) is 9.68. The fraction of sp³-hybridized carbons (Fsp3) is 1.00. The monoisotopic (exact) mass is 176 g/mol. The molecule has 0 aliphatic heterocycles. The number of nitrogens with zero attached hydrogens (tertiary/aromatic N) is 1. The number of likely N-dealkylation sites (N-methyl/N-ethyl adjacent to an activating group) is 2. The number of hydrogen-bond acceptors (Lipinski definition) is 2. The van der Waals surface area contributed by atoms with Crippen LogP contribution in [-0.2, 0) is 0 Å². The smallest absolute Gasteiger partial charge is 0.0358 e. The molecule has 0 aliphatic carbocycles. The third-order valence-corrected chi connectivity index (χ3v) is 3.68. The summed E-state index contributed by atoms with van der Waals surface area (Å²) in [7, 11) is 6.78. The molecule has 3 heteroatoms. The minimum absolute atomic E-state index is 0.115. The quantitative estimate of drug-likeness (QED) is 0.655. The second-order valence-electron chi connectivity index (χ2n) is 4.04. The van der Waals surface area contributed by atoms with E-state index in [1.807, 2.05) is 7.05 Å². The van der Waals surface area contributed by atoms with Crippen molar-refractivity contribution < 1.29 is 0 Å². The van der Waals surface area contributed by atoms with Crippen molar-refractivity contribution in [1.82, 2.24) is 9.99 Å². The van der Waals surface area contributed by atoms with Crippen LogP contribution < -0.4 is 5.32 Å². The Balaban J connectivity index is 4.53. The Hall–Kier alpha value is 0.350. The molecular formula is C8H21N2P. The molecule has 0 saturated heterocycles. The molecule has 0 rings (SSSR count). The van der Waals surface area contributed by atoms with Crippen LogP contribution >= 0.6 is 9.39 Å². The van der Waals surface area contributed by atoms with Crippen molar-refractivity contribution in [2.75, 3.05) is 14.1 Å². The first kappa shape index (κ1) is 11.4. The Morgan fingerprint density at radius 1 is 1.18 bits per heavy atom. The van der Waals surface area contributed by atoms with Gasteiger partial charge in [-0.15, -0.1) is 0 Å². The van der Waals surface area contributed by atoms with E-state index in [2.05, 4.69) is 54.1 Å². The van der Waals surface area contributed by atoms with E-state index in [0.29, 0.717) is 0 Å². The van der Waals surface area contributed by atoms with E-state index in [9.17, 15) is 0 Å². The first-order valence-electron chi connectivity index (χ1n) is 3.93. The van der Waals surface area contributed by atoms with Gasteiger partial charge in [0.1, 0.15) is 0 Å². The number of hydrogen-bond donors (Lipinski definition) is 1. The Morgan fingerprint density at radius 3 is 1.64 bits per heavy atom. The van der Waals surface area contributed by atoms with Gasteiger partial charge in [-0.25, -0.2) is 0 Å². The van der Waals surface area contributed by atoms with E-state index in [1.165, 1.54) is 0 Å². The van der Waals surface area contributed by atoms with Crippen molar-refractivity contribution >= 4 is 9.39 Å². The van der Waals surface area contributed by atoms with Crippen LogP contribution in [-0.4, -0.2) is 29.8 Å². The third-order valence-electron chi connectivity index (χ3n) is 3.04. The molecule has 2 nitrogen and oxygen atoms in total. The highest BCUT2D eigenvalue weighted by atomic mass is 31.0. The molecule has 0 aromatic rings. The molecule has 0 amide bonds.